The van der Waals surface area contributed by atoms with E-state index in [1.807, 2.05) is 23.6 Å². The van der Waals surface area contributed by atoms with Crippen LogP contribution in [0.3, 0.4) is 0 Å². The van der Waals surface area contributed by atoms with Gasteiger partial charge in [0, 0.05) is 37.3 Å². The van der Waals surface area contributed by atoms with E-state index in [0.29, 0.717) is 0 Å². The number of hydrogen-bond donors (Lipinski definition) is 0. The molecule has 1 aliphatic rings. The summed E-state index contributed by atoms with van der Waals surface area (Å²) >= 11 is 1.83. The molecule has 4 nitrogen and oxygen atoms in total. The Labute approximate surface area is 168 Å². The number of ether oxygens (including phenoxy) is 1. The maximum absolute atomic E-state index is 5.35. The summed E-state index contributed by atoms with van der Waals surface area (Å²) in [7, 11) is 1.74. The number of thiazole rings is 1. The zero-order valence-corrected chi connectivity index (χ0v) is 17.8. The maximum Gasteiger partial charge on any atom is 0.119 e. The smallest absolute Gasteiger partial charge is 0.119 e. The van der Waals surface area contributed by atoms with E-state index in [0.717, 1.165) is 37.7 Å². The van der Waals surface area contributed by atoms with E-state index >= 15 is 0 Å². The van der Waals surface area contributed by atoms with Crippen molar-refractivity contribution in [2.45, 2.75) is 39.7 Å². The Morgan fingerprint density at radius 2 is 2.26 bits per heavy atom. The number of methoxy groups -OCH3 is 1. The van der Waals surface area contributed by atoms with Gasteiger partial charge >= 0.3 is 0 Å². The molecule has 0 amide bonds. The first-order valence-electron chi connectivity index (χ1n) is 10.1. The molecule has 1 atom stereocenters. The van der Waals surface area contributed by atoms with Crippen LogP contribution in [0.15, 0.2) is 30.5 Å². The van der Waals surface area contributed by atoms with Crippen LogP contribution in [-0.2, 0) is 13.0 Å². The molecule has 1 aliphatic heterocycles. The van der Waals surface area contributed by atoms with Crippen molar-refractivity contribution in [2.75, 3.05) is 39.8 Å². The normalized spacial score (nSPS) is 18.1. The average molecular weight is 388 g/mol. The highest BCUT2D eigenvalue weighted by atomic mass is 32.1. The van der Waals surface area contributed by atoms with Crippen molar-refractivity contribution < 1.29 is 4.74 Å². The number of rotatable bonds is 9. The zero-order chi connectivity index (χ0) is 19.1. The molecule has 148 valence electrons. The topological polar surface area (TPSA) is 28.6 Å². The van der Waals surface area contributed by atoms with Gasteiger partial charge in [-0.3, -0.25) is 4.90 Å². The van der Waals surface area contributed by atoms with E-state index in [2.05, 4.69) is 46.8 Å². The van der Waals surface area contributed by atoms with Gasteiger partial charge in [0.2, 0.25) is 0 Å². The van der Waals surface area contributed by atoms with E-state index in [9.17, 15) is 0 Å². The van der Waals surface area contributed by atoms with E-state index < -0.39 is 0 Å². The van der Waals surface area contributed by atoms with Gasteiger partial charge in [0.15, 0.2) is 0 Å². The number of nitrogens with zero attached hydrogens (tertiary/aromatic N) is 3. The van der Waals surface area contributed by atoms with Crippen molar-refractivity contribution in [3.05, 3.63) is 45.9 Å². The third kappa shape index (κ3) is 6.30. The molecule has 0 spiro atoms. The van der Waals surface area contributed by atoms with Gasteiger partial charge in [-0.2, -0.15) is 0 Å². The Bertz CT molecular complexity index is 702. The summed E-state index contributed by atoms with van der Waals surface area (Å²) in [6.45, 7) is 11.3. The lowest BCUT2D eigenvalue weighted by Crippen LogP contribution is -2.41. The van der Waals surface area contributed by atoms with Crippen LogP contribution in [0.4, 0.5) is 0 Å². The Balaban J connectivity index is 1.47. The standard InChI is InChI=1S/C22H33N3OS/c1-4-24(17-22-14-23-18(2)27-22)15-20-8-6-11-25(16-20)12-10-19-7-5-9-21(13-19)26-3/h5,7,9,13-14,20H,4,6,8,10-12,15-17H2,1-3H3/t20-/m0/s1. The first-order valence-corrected chi connectivity index (χ1v) is 11.0. The molecule has 0 bridgehead atoms. The molecule has 1 fully saturated rings. The first-order chi connectivity index (χ1) is 13.2. The van der Waals surface area contributed by atoms with Gasteiger partial charge in [-0.05, 0) is 62.9 Å². The van der Waals surface area contributed by atoms with Gasteiger partial charge in [0.1, 0.15) is 5.75 Å². The van der Waals surface area contributed by atoms with Crippen LogP contribution in [-0.4, -0.2) is 54.6 Å². The lowest BCUT2D eigenvalue weighted by atomic mass is 9.97. The van der Waals surface area contributed by atoms with Crippen LogP contribution in [0, 0.1) is 12.8 Å². The molecular formula is C22H33N3OS. The second kappa shape index (κ2) is 10.2. The van der Waals surface area contributed by atoms with E-state index in [1.165, 1.54) is 47.9 Å². The Morgan fingerprint density at radius 3 is 3.00 bits per heavy atom. The molecule has 27 heavy (non-hydrogen) atoms. The van der Waals surface area contributed by atoms with Gasteiger partial charge in [-0.15, -0.1) is 11.3 Å². The largest absolute Gasteiger partial charge is 0.497 e. The molecule has 0 unspecified atom stereocenters. The van der Waals surface area contributed by atoms with Crippen molar-refractivity contribution in [1.29, 1.82) is 0 Å². The fourth-order valence-electron chi connectivity index (χ4n) is 3.99. The van der Waals surface area contributed by atoms with Crippen molar-refractivity contribution in [3.63, 3.8) is 0 Å². The highest BCUT2D eigenvalue weighted by Gasteiger charge is 2.22. The van der Waals surface area contributed by atoms with Gasteiger partial charge in [-0.25, -0.2) is 4.98 Å². The molecule has 1 saturated heterocycles. The molecule has 1 aromatic carbocycles. The summed E-state index contributed by atoms with van der Waals surface area (Å²) in [6, 6.07) is 8.48. The van der Waals surface area contributed by atoms with Crippen LogP contribution in [0.1, 0.15) is 35.2 Å². The molecule has 0 N–H and O–H groups in total. The Kier molecular flexibility index (Phi) is 7.68. The van der Waals surface area contributed by atoms with Gasteiger partial charge in [-0.1, -0.05) is 19.1 Å². The van der Waals surface area contributed by atoms with Crippen molar-refractivity contribution >= 4 is 11.3 Å². The van der Waals surface area contributed by atoms with Gasteiger partial charge < -0.3 is 9.64 Å². The molecule has 1 aromatic heterocycles. The predicted molar refractivity (Wildman–Crippen MR) is 114 cm³/mol. The number of aromatic nitrogens is 1. The van der Waals surface area contributed by atoms with Crippen LogP contribution in [0.5, 0.6) is 5.75 Å². The third-order valence-electron chi connectivity index (χ3n) is 5.47. The van der Waals surface area contributed by atoms with Crippen LogP contribution < -0.4 is 4.74 Å². The van der Waals surface area contributed by atoms with Crippen molar-refractivity contribution in [3.8, 4) is 5.75 Å². The molecule has 5 heteroatoms. The second-order valence-electron chi connectivity index (χ2n) is 7.58. The summed E-state index contributed by atoms with van der Waals surface area (Å²) in [6.07, 6.45) is 5.82. The SMILES string of the molecule is CCN(Cc1cnc(C)s1)C[C@@H]1CCCN(CCc2cccc(OC)c2)C1. The number of benzene rings is 1. The third-order valence-corrected chi connectivity index (χ3v) is 6.36. The summed E-state index contributed by atoms with van der Waals surface area (Å²) in [5.74, 6) is 1.74. The minimum Gasteiger partial charge on any atom is -0.497 e. The van der Waals surface area contributed by atoms with Crippen LogP contribution >= 0.6 is 11.3 Å². The molecule has 2 heterocycles. The van der Waals surface area contributed by atoms with E-state index in [1.54, 1.807) is 7.11 Å². The quantitative estimate of drug-likeness (QED) is 0.644. The minimum atomic E-state index is 0.776. The number of piperidine rings is 1. The molecular weight excluding hydrogens is 354 g/mol. The zero-order valence-electron chi connectivity index (χ0n) is 17.0. The minimum absolute atomic E-state index is 0.776. The highest BCUT2D eigenvalue weighted by molar-refractivity contribution is 7.11. The Hall–Kier alpha value is -1.43. The molecule has 3 rings (SSSR count). The van der Waals surface area contributed by atoms with Crippen molar-refractivity contribution in [1.82, 2.24) is 14.8 Å². The summed E-state index contributed by atoms with van der Waals surface area (Å²) in [5.41, 5.74) is 1.37. The molecule has 0 radical (unpaired) electrons. The Morgan fingerprint density at radius 1 is 1.37 bits per heavy atom. The first kappa shape index (κ1) is 20.3. The molecule has 0 saturated carbocycles. The lowest BCUT2D eigenvalue weighted by Gasteiger charge is -2.35. The van der Waals surface area contributed by atoms with Crippen LogP contribution in [0.25, 0.3) is 0 Å². The van der Waals surface area contributed by atoms with Crippen LogP contribution in [0.2, 0.25) is 0 Å². The van der Waals surface area contributed by atoms with Gasteiger partial charge in [0.05, 0.1) is 12.1 Å². The fourth-order valence-corrected chi connectivity index (χ4v) is 4.83. The monoisotopic (exact) mass is 387 g/mol. The van der Waals surface area contributed by atoms with Crippen molar-refractivity contribution in [2.24, 2.45) is 5.92 Å². The lowest BCUT2D eigenvalue weighted by molar-refractivity contribution is 0.133. The molecule has 2 aromatic rings. The maximum atomic E-state index is 5.35. The second-order valence-corrected chi connectivity index (χ2v) is 8.90. The number of likely N-dealkylation sites (tertiary alicyclic amines) is 1. The number of hydrogen-bond acceptors (Lipinski definition) is 5. The van der Waals surface area contributed by atoms with Gasteiger partial charge in [0.25, 0.3) is 0 Å². The highest BCUT2D eigenvalue weighted by Crippen LogP contribution is 2.21. The van der Waals surface area contributed by atoms with E-state index in [4.69, 9.17) is 4.74 Å². The summed E-state index contributed by atoms with van der Waals surface area (Å²) in [5, 5.41) is 1.17. The van der Waals surface area contributed by atoms with E-state index in [-0.39, 0.29) is 0 Å². The summed E-state index contributed by atoms with van der Waals surface area (Å²) < 4.78 is 5.35. The fraction of sp³-hybridized carbons (Fsp3) is 0.591. The number of aryl methyl sites for hydroxylation is 1. The summed E-state index contributed by atoms with van der Waals surface area (Å²) in [4.78, 5) is 11.0. The predicted octanol–water partition coefficient (Wildman–Crippen LogP) is 4.24. The molecule has 0 aliphatic carbocycles. The average Bonchev–Trinajstić information content (AvgIpc) is 3.11.